The third kappa shape index (κ3) is 2.91. The number of fused-ring (bicyclic) bond motifs is 5. The summed E-state index contributed by atoms with van der Waals surface area (Å²) >= 11 is 0. The van der Waals surface area contributed by atoms with Gasteiger partial charge >= 0.3 is 6.16 Å². The van der Waals surface area contributed by atoms with Gasteiger partial charge in [-0.3, -0.25) is 19.2 Å². The summed E-state index contributed by atoms with van der Waals surface area (Å²) in [6.45, 7) is 3.47. The number of ether oxygens (including phenoxy) is 1. The highest BCUT2D eigenvalue weighted by Gasteiger charge is 2.61. The Kier molecular flexibility index (Phi) is 4.53. The molecule has 0 N–H and O–H groups in total. The van der Waals surface area contributed by atoms with Crippen LogP contribution in [-0.2, 0) is 19.2 Å². The fraction of sp³-hybridized carbons (Fsp3) is 0.429. The second-order valence-electron chi connectivity index (χ2n) is 7.82. The predicted molar refractivity (Wildman–Crippen MR) is 96.5 cm³/mol. The van der Waals surface area contributed by atoms with Crippen molar-refractivity contribution in [2.75, 3.05) is 0 Å². The van der Waals surface area contributed by atoms with Crippen LogP contribution in [0.2, 0.25) is 0 Å². The Morgan fingerprint density at radius 1 is 1.00 bits per heavy atom. The highest BCUT2D eigenvalue weighted by atomic mass is 16.8. The molecule has 28 heavy (non-hydrogen) atoms. The lowest BCUT2D eigenvalue weighted by Crippen LogP contribution is -2.39. The Balaban J connectivity index is 1.44. The number of carbonyl (C=O) groups is 4. The van der Waals surface area contributed by atoms with E-state index in [1.165, 1.54) is 0 Å². The summed E-state index contributed by atoms with van der Waals surface area (Å²) in [6, 6.07) is 8.46. The van der Waals surface area contributed by atoms with Gasteiger partial charge in [0.25, 0.3) is 11.8 Å². The second kappa shape index (κ2) is 6.89. The monoisotopic (exact) mass is 383 g/mol. The minimum Gasteiger partial charge on any atom is -0.421 e. The van der Waals surface area contributed by atoms with Crippen molar-refractivity contribution >= 4 is 23.8 Å². The van der Waals surface area contributed by atoms with Gasteiger partial charge in [0.1, 0.15) is 0 Å². The Bertz CT molecular complexity index is 831. The molecule has 1 aliphatic heterocycles. The molecule has 2 aliphatic carbocycles. The van der Waals surface area contributed by atoms with E-state index in [0.717, 1.165) is 6.42 Å². The molecule has 1 saturated heterocycles. The molecule has 1 aromatic carbocycles. The lowest BCUT2D eigenvalue weighted by Gasteiger charge is -2.21. The number of hydroxylamine groups is 2. The van der Waals surface area contributed by atoms with Crippen molar-refractivity contribution in [1.82, 2.24) is 5.06 Å². The molecule has 0 spiro atoms. The van der Waals surface area contributed by atoms with Crippen LogP contribution in [-0.4, -0.2) is 34.9 Å². The van der Waals surface area contributed by atoms with Crippen LogP contribution in [0.4, 0.5) is 4.79 Å². The van der Waals surface area contributed by atoms with Crippen LogP contribution in [0.1, 0.15) is 30.6 Å². The quantitative estimate of drug-likeness (QED) is 0.336. The average molecular weight is 383 g/mol. The largest absolute Gasteiger partial charge is 0.534 e. The summed E-state index contributed by atoms with van der Waals surface area (Å²) in [7, 11) is 0. The van der Waals surface area contributed by atoms with Gasteiger partial charge in [-0.15, -0.1) is 0 Å². The number of rotatable bonds is 5. The topological polar surface area (TPSA) is 90.0 Å². The molecule has 3 aliphatic rings. The molecule has 7 heteroatoms. The van der Waals surface area contributed by atoms with Crippen LogP contribution in [0.5, 0.6) is 0 Å². The molecule has 0 radical (unpaired) electrons. The maximum absolute atomic E-state index is 12.7. The number of allylic oxidation sites excluding steroid dienone is 2. The summed E-state index contributed by atoms with van der Waals surface area (Å²) in [4.78, 5) is 55.0. The molecule has 4 rings (SSSR count). The van der Waals surface area contributed by atoms with Crippen molar-refractivity contribution in [3.63, 3.8) is 0 Å². The molecule has 2 fully saturated rings. The molecule has 5 atom stereocenters. The number of hydrogen-bond acceptors (Lipinski definition) is 6. The first kappa shape index (κ1) is 18.4. The van der Waals surface area contributed by atoms with Crippen LogP contribution < -0.4 is 0 Å². The highest BCUT2D eigenvalue weighted by Crippen LogP contribution is 2.52. The molecule has 1 aromatic rings. The normalized spacial score (nSPS) is 28.6. The van der Waals surface area contributed by atoms with E-state index in [4.69, 9.17) is 9.57 Å². The number of carbonyl (C=O) groups excluding carboxylic acids is 4. The number of amides is 2. The molecule has 0 aromatic heterocycles. The summed E-state index contributed by atoms with van der Waals surface area (Å²) in [6.07, 6.45) is 2.37. The van der Waals surface area contributed by atoms with Crippen molar-refractivity contribution < 1.29 is 28.8 Å². The maximum atomic E-state index is 12.7. The Morgan fingerprint density at radius 2 is 1.57 bits per heavy atom. The third-order valence-electron chi connectivity index (χ3n) is 5.74. The van der Waals surface area contributed by atoms with Crippen LogP contribution >= 0.6 is 0 Å². The lowest BCUT2D eigenvalue weighted by molar-refractivity contribution is -0.181. The van der Waals surface area contributed by atoms with Gasteiger partial charge in [0, 0.05) is 5.56 Å². The third-order valence-corrected chi connectivity index (χ3v) is 5.74. The number of imide groups is 1. The Labute approximate surface area is 162 Å². The van der Waals surface area contributed by atoms with E-state index < -0.39 is 35.9 Å². The van der Waals surface area contributed by atoms with E-state index in [9.17, 15) is 19.2 Å². The maximum Gasteiger partial charge on any atom is 0.534 e. The average Bonchev–Trinajstić information content (AvgIpc) is 3.36. The van der Waals surface area contributed by atoms with Gasteiger partial charge in [0.15, 0.2) is 6.10 Å². The Morgan fingerprint density at radius 3 is 2.11 bits per heavy atom. The minimum atomic E-state index is -1.23. The number of nitrogens with zero attached hydrogens (tertiary/aromatic N) is 1. The van der Waals surface area contributed by atoms with E-state index in [1.54, 1.807) is 44.2 Å². The molecular weight excluding hydrogens is 362 g/mol. The summed E-state index contributed by atoms with van der Waals surface area (Å²) in [5.41, 5.74) is 0.402. The van der Waals surface area contributed by atoms with Crippen LogP contribution in [0.15, 0.2) is 42.5 Å². The SMILES string of the molecule is CC(C)[C@H](OC(=O)ON1C(=O)C2C3C=CC(C3)C2C1=O)C(=O)c1ccccc1. The van der Waals surface area contributed by atoms with Crippen LogP contribution in [0.3, 0.4) is 0 Å². The molecule has 2 bridgehead atoms. The fourth-order valence-corrected chi connectivity index (χ4v) is 4.42. The van der Waals surface area contributed by atoms with E-state index >= 15 is 0 Å². The Hall–Kier alpha value is -2.96. The fourth-order valence-electron chi connectivity index (χ4n) is 4.42. The van der Waals surface area contributed by atoms with E-state index in [1.807, 2.05) is 12.2 Å². The molecular formula is C21H21NO6. The summed E-state index contributed by atoms with van der Waals surface area (Å²) in [5, 5.41) is 0.522. The first-order valence-electron chi connectivity index (χ1n) is 9.42. The van der Waals surface area contributed by atoms with Crippen molar-refractivity contribution in [2.24, 2.45) is 29.6 Å². The first-order valence-corrected chi connectivity index (χ1v) is 9.42. The molecule has 146 valence electrons. The van der Waals surface area contributed by atoms with E-state index in [-0.39, 0.29) is 23.5 Å². The van der Waals surface area contributed by atoms with Crippen molar-refractivity contribution in [3.8, 4) is 0 Å². The number of Topliss-reactive ketones (excluding diaryl/α,β-unsaturated/α-hetero) is 1. The first-order chi connectivity index (χ1) is 13.4. The smallest absolute Gasteiger partial charge is 0.421 e. The van der Waals surface area contributed by atoms with Gasteiger partial charge in [0.05, 0.1) is 11.8 Å². The molecule has 1 saturated carbocycles. The van der Waals surface area contributed by atoms with Crippen LogP contribution in [0.25, 0.3) is 0 Å². The summed E-state index contributed by atoms with van der Waals surface area (Å²) in [5.74, 6) is -2.63. The zero-order valence-corrected chi connectivity index (χ0v) is 15.6. The van der Waals surface area contributed by atoms with Crippen LogP contribution in [0, 0.1) is 29.6 Å². The van der Waals surface area contributed by atoms with Gasteiger partial charge in [-0.1, -0.05) is 61.4 Å². The standard InChI is InChI=1S/C21H21NO6/c1-11(2)18(17(23)12-6-4-3-5-7-12)27-21(26)28-22-19(24)15-13-8-9-14(10-13)16(15)20(22)25/h3-9,11,13-16,18H,10H2,1-2H3/t13?,14?,15?,16?,18-/m0/s1. The van der Waals surface area contributed by atoms with Gasteiger partial charge in [-0.05, 0) is 24.2 Å². The molecule has 2 amide bonds. The van der Waals surface area contributed by atoms with Gasteiger partial charge in [-0.2, -0.15) is 0 Å². The van der Waals surface area contributed by atoms with E-state index in [2.05, 4.69) is 0 Å². The number of hydrogen-bond donors (Lipinski definition) is 0. The van der Waals surface area contributed by atoms with Gasteiger partial charge in [0.2, 0.25) is 5.78 Å². The predicted octanol–water partition coefficient (Wildman–Crippen LogP) is 2.77. The van der Waals surface area contributed by atoms with Crippen molar-refractivity contribution in [3.05, 3.63) is 48.0 Å². The highest BCUT2D eigenvalue weighted by molar-refractivity contribution is 6.06. The van der Waals surface area contributed by atoms with Gasteiger partial charge < -0.3 is 4.74 Å². The second-order valence-corrected chi connectivity index (χ2v) is 7.82. The zero-order chi connectivity index (χ0) is 20.0. The minimum absolute atomic E-state index is 0.0131. The zero-order valence-electron chi connectivity index (χ0n) is 15.6. The van der Waals surface area contributed by atoms with Crippen molar-refractivity contribution in [1.29, 1.82) is 0 Å². The van der Waals surface area contributed by atoms with E-state index in [0.29, 0.717) is 10.6 Å². The van der Waals surface area contributed by atoms with Crippen molar-refractivity contribution in [2.45, 2.75) is 26.4 Å². The number of ketones is 1. The molecule has 7 nitrogen and oxygen atoms in total. The summed E-state index contributed by atoms with van der Waals surface area (Å²) < 4.78 is 5.21. The molecule has 1 heterocycles. The lowest BCUT2D eigenvalue weighted by atomic mass is 9.85. The molecule has 4 unspecified atom stereocenters. The van der Waals surface area contributed by atoms with Gasteiger partial charge in [-0.25, -0.2) is 4.79 Å². The number of benzene rings is 1.